The molecule has 1 heterocycles. The molecule has 0 spiro atoms. The molecular formula is C23H26N4O4S. The number of benzene rings is 2. The lowest BCUT2D eigenvalue weighted by Gasteiger charge is -2.14. The summed E-state index contributed by atoms with van der Waals surface area (Å²) < 4.78 is 12.4. The minimum absolute atomic E-state index is 0.221. The van der Waals surface area contributed by atoms with E-state index in [-0.39, 0.29) is 17.7 Å². The summed E-state index contributed by atoms with van der Waals surface area (Å²) in [6, 6.07) is 11.2. The first-order valence-corrected chi connectivity index (χ1v) is 11.1. The lowest BCUT2D eigenvalue weighted by atomic mass is 10.0. The van der Waals surface area contributed by atoms with E-state index < -0.39 is 0 Å². The van der Waals surface area contributed by atoms with Crippen LogP contribution in [0, 0.1) is 0 Å². The summed E-state index contributed by atoms with van der Waals surface area (Å²) in [5.41, 5.74) is 1.27. The minimum atomic E-state index is -0.325. The van der Waals surface area contributed by atoms with Gasteiger partial charge in [0, 0.05) is 18.2 Å². The lowest BCUT2D eigenvalue weighted by molar-refractivity contribution is 0.0936. The van der Waals surface area contributed by atoms with E-state index >= 15 is 0 Å². The van der Waals surface area contributed by atoms with Crippen molar-refractivity contribution >= 4 is 23.5 Å². The van der Waals surface area contributed by atoms with E-state index in [0.29, 0.717) is 34.0 Å². The Hall–Kier alpha value is -3.33. The van der Waals surface area contributed by atoms with Crippen LogP contribution in [0.1, 0.15) is 52.0 Å². The number of aromatic nitrogens is 3. The van der Waals surface area contributed by atoms with Gasteiger partial charge < -0.3 is 19.4 Å². The maximum absolute atomic E-state index is 13.0. The molecule has 0 bridgehead atoms. The van der Waals surface area contributed by atoms with E-state index in [4.69, 9.17) is 9.47 Å². The van der Waals surface area contributed by atoms with Crippen molar-refractivity contribution in [3.05, 3.63) is 65.0 Å². The van der Waals surface area contributed by atoms with Gasteiger partial charge in [0.05, 0.1) is 25.8 Å². The van der Waals surface area contributed by atoms with Gasteiger partial charge in [0.25, 0.3) is 5.91 Å². The summed E-state index contributed by atoms with van der Waals surface area (Å²) in [6.45, 7) is 3.90. The lowest BCUT2D eigenvalue weighted by Crippen LogP contribution is -2.28. The topological polar surface area (TPSA) is 95.3 Å². The summed E-state index contributed by atoms with van der Waals surface area (Å²) >= 11 is 1.59. The second-order valence-electron chi connectivity index (χ2n) is 7.00. The van der Waals surface area contributed by atoms with E-state index in [1.165, 1.54) is 14.2 Å². The highest BCUT2D eigenvalue weighted by Crippen LogP contribution is 2.26. The molecule has 0 saturated carbocycles. The van der Waals surface area contributed by atoms with E-state index in [9.17, 15) is 9.59 Å². The zero-order valence-corrected chi connectivity index (χ0v) is 19.5. The van der Waals surface area contributed by atoms with Crippen LogP contribution in [0.3, 0.4) is 0 Å². The second kappa shape index (κ2) is 10.3. The van der Waals surface area contributed by atoms with Crippen molar-refractivity contribution in [1.82, 2.24) is 20.1 Å². The fraction of sp³-hybridized carbons (Fsp3) is 0.304. The normalized spacial score (nSPS) is 11.7. The summed E-state index contributed by atoms with van der Waals surface area (Å²) in [5.74, 6) is 2.09. The second-order valence-corrected chi connectivity index (χ2v) is 8.23. The van der Waals surface area contributed by atoms with Crippen LogP contribution in [0.4, 0.5) is 0 Å². The van der Waals surface area contributed by atoms with Crippen molar-refractivity contribution in [2.75, 3.05) is 20.0 Å². The number of ketones is 1. The number of carbonyl (C=O) groups is 2. The number of rotatable bonds is 9. The monoisotopic (exact) mass is 454 g/mol. The van der Waals surface area contributed by atoms with Gasteiger partial charge in [0.2, 0.25) is 0 Å². The molecule has 0 aliphatic carbocycles. The van der Waals surface area contributed by atoms with Crippen LogP contribution in [-0.4, -0.2) is 46.4 Å². The molecule has 1 unspecified atom stereocenters. The van der Waals surface area contributed by atoms with Crippen LogP contribution in [0.15, 0.2) is 47.6 Å². The van der Waals surface area contributed by atoms with Crippen molar-refractivity contribution in [3.63, 3.8) is 0 Å². The van der Waals surface area contributed by atoms with E-state index in [2.05, 4.69) is 15.5 Å². The average Bonchev–Trinajstić information content (AvgIpc) is 3.18. The Bertz CT molecular complexity index is 1110. The van der Waals surface area contributed by atoms with Crippen molar-refractivity contribution < 1.29 is 19.1 Å². The first-order chi connectivity index (χ1) is 15.4. The van der Waals surface area contributed by atoms with Gasteiger partial charge in [-0.1, -0.05) is 30.8 Å². The van der Waals surface area contributed by atoms with Crippen LogP contribution in [0.2, 0.25) is 0 Å². The van der Waals surface area contributed by atoms with Crippen LogP contribution >= 0.6 is 11.8 Å². The van der Waals surface area contributed by atoms with Gasteiger partial charge >= 0.3 is 0 Å². The van der Waals surface area contributed by atoms with Crippen molar-refractivity contribution in [2.45, 2.75) is 25.0 Å². The molecular weight excluding hydrogens is 428 g/mol. The van der Waals surface area contributed by atoms with Gasteiger partial charge in [0.1, 0.15) is 11.5 Å². The fourth-order valence-corrected chi connectivity index (χ4v) is 3.87. The third-order valence-corrected chi connectivity index (χ3v) is 5.84. The molecule has 3 rings (SSSR count). The molecule has 0 aliphatic rings. The molecule has 1 atom stereocenters. The Balaban J connectivity index is 1.74. The molecule has 0 saturated heterocycles. The zero-order chi connectivity index (χ0) is 23.3. The molecule has 1 N–H and O–H groups in total. The molecule has 2 aromatic carbocycles. The van der Waals surface area contributed by atoms with E-state index in [1.807, 2.05) is 25.5 Å². The van der Waals surface area contributed by atoms with Crippen molar-refractivity contribution in [3.8, 4) is 11.5 Å². The predicted molar refractivity (Wildman–Crippen MR) is 123 cm³/mol. The van der Waals surface area contributed by atoms with Crippen molar-refractivity contribution in [1.29, 1.82) is 0 Å². The molecule has 1 aromatic heterocycles. The number of hydrogen-bond donors (Lipinski definition) is 1. The quantitative estimate of drug-likeness (QED) is 0.389. The number of nitrogens with one attached hydrogen (secondary N) is 1. The van der Waals surface area contributed by atoms with Gasteiger partial charge in [-0.25, -0.2) is 0 Å². The molecule has 3 aromatic rings. The Morgan fingerprint density at radius 3 is 2.38 bits per heavy atom. The number of amides is 1. The number of ether oxygens (including phenoxy) is 2. The van der Waals surface area contributed by atoms with Gasteiger partial charge in [-0.05, 0) is 43.0 Å². The van der Waals surface area contributed by atoms with Crippen molar-refractivity contribution in [2.24, 2.45) is 7.05 Å². The van der Waals surface area contributed by atoms with Gasteiger partial charge in [0.15, 0.2) is 16.8 Å². The summed E-state index contributed by atoms with van der Waals surface area (Å²) in [5, 5.41) is 12.1. The van der Waals surface area contributed by atoms with Crippen LogP contribution in [0.5, 0.6) is 11.5 Å². The number of methoxy groups -OCH3 is 2. The minimum Gasteiger partial charge on any atom is -0.497 e. The number of nitrogens with zero attached hydrogens (tertiary/aromatic N) is 3. The first-order valence-electron chi connectivity index (χ1n) is 10.1. The largest absolute Gasteiger partial charge is 0.497 e. The summed E-state index contributed by atoms with van der Waals surface area (Å²) in [4.78, 5) is 25.7. The summed E-state index contributed by atoms with van der Waals surface area (Å²) in [6.07, 6.45) is 0. The first kappa shape index (κ1) is 23.3. The smallest absolute Gasteiger partial charge is 0.251 e. The Labute approximate surface area is 191 Å². The molecule has 8 nitrogen and oxygen atoms in total. The fourth-order valence-electron chi connectivity index (χ4n) is 3.22. The number of carbonyl (C=O) groups excluding carboxylic acids is 2. The van der Waals surface area contributed by atoms with E-state index in [0.717, 1.165) is 10.9 Å². The van der Waals surface area contributed by atoms with Gasteiger partial charge in [-0.2, -0.15) is 0 Å². The Morgan fingerprint density at radius 1 is 1.06 bits per heavy atom. The SMILES string of the molecule is CCSc1nnc(C(C)NC(=O)c2ccc(C(=O)c3cc(OC)ccc3OC)cc2)n1C. The third-order valence-electron chi connectivity index (χ3n) is 4.94. The van der Waals surface area contributed by atoms with Crippen LogP contribution in [-0.2, 0) is 7.05 Å². The highest BCUT2D eigenvalue weighted by molar-refractivity contribution is 7.99. The molecule has 168 valence electrons. The third kappa shape index (κ3) is 4.94. The molecule has 1 amide bonds. The zero-order valence-electron chi connectivity index (χ0n) is 18.7. The Kier molecular flexibility index (Phi) is 7.53. The number of hydrogen-bond acceptors (Lipinski definition) is 7. The van der Waals surface area contributed by atoms with Gasteiger partial charge in [-0.15, -0.1) is 10.2 Å². The Morgan fingerprint density at radius 2 is 1.75 bits per heavy atom. The molecule has 32 heavy (non-hydrogen) atoms. The average molecular weight is 455 g/mol. The van der Waals surface area contributed by atoms with E-state index in [1.54, 1.807) is 54.2 Å². The van der Waals surface area contributed by atoms with Crippen LogP contribution in [0.25, 0.3) is 0 Å². The molecule has 9 heteroatoms. The molecule has 0 fully saturated rings. The highest BCUT2D eigenvalue weighted by atomic mass is 32.2. The molecule has 0 aliphatic heterocycles. The number of thioether (sulfide) groups is 1. The molecule has 0 radical (unpaired) electrons. The van der Waals surface area contributed by atoms with Gasteiger partial charge in [-0.3, -0.25) is 9.59 Å². The predicted octanol–water partition coefficient (Wildman–Crippen LogP) is 3.67. The highest BCUT2D eigenvalue weighted by Gasteiger charge is 2.20. The van der Waals surface area contributed by atoms with Crippen LogP contribution < -0.4 is 14.8 Å². The maximum Gasteiger partial charge on any atom is 0.251 e. The maximum atomic E-state index is 13.0. The summed E-state index contributed by atoms with van der Waals surface area (Å²) in [7, 11) is 4.92. The standard InChI is InChI=1S/C23H26N4O4S/c1-6-32-23-26-25-21(27(23)3)14(2)24-22(29)16-9-7-15(8-10-16)20(28)18-13-17(30-4)11-12-19(18)31-5/h7-14H,6H2,1-5H3,(H,24,29).